The SMILES string of the molecule is CN1CC(F)(F)CC1C1(C)CC1. The van der Waals surface area contributed by atoms with E-state index in [2.05, 4.69) is 6.92 Å². The fourth-order valence-electron chi connectivity index (χ4n) is 2.29. The van der Waals surface area contributed by atoms with Gasteiger partial charge in [-0.1, -0.05) is 6.92 Å². The molecular formula is C9H15F2N. The van der Waals surface area contributed by atoms with Gasteiger partial charge in [0.25, 0.3) is 5.92 Å². The third kappa shape index (κ3) is 1.24. The van der Waals surface area contributed by atoms with Crippen molar-refractivity contribution in [1.82, 2.24) is 4.90 Å². The summed E-state index contributed by atoms with van der Waals surface area (Å²) in [6.07, 6.45) is 2.32. The van der Waals surface area contributed by atoms with Gasteiger partial charge in [0.15, 0.2) is 0 Å². The Hall–Kier alpha value is -0.180. The van der Waals surface area contributed by atoms with Gasteiger partial charge in [-0.05, 0) is 25.3 Å². The Morgan fingerprint density at radius 2 is 1.92 bits per heavy atom. The smallest absolute Gasteiger partial charge is 0.262 e. The Morgan fingerprint density at radius 3 is 2.25 bits per heavy atom. The highest BCUT2D eigenvalue weighted by atomic mass is 19.3. The van der Waals surface area contributed by atoms with Crippen molar-refractivity contribution >= 4 is 0 Å². The first-order valence-corrected chi connectivity index (χ1v) is 4.51. The maximum Gasteiger partial charge on any atom is 0.262 e. The summed E-state index contributed by atoms with van der Waals surface area (Å²) in [7, 11) is 1.81. The second-order valence-corrected chi connectivity index (χ2v) is 4.65. The standard InChI is InChI=1S/C9H15F2N/c1-8(3-4-8)7-5-9(10,11)6-12(7)2/h7H,3-6H2,1-2H3. The lowest BCUT2D eigenvalue weighted by Gasteiger charge is -2.24. The van der Waals surface area contributed by atoms with Crippen molar-refractivity contribution in [3.05, 3.63) is 0 Å². The summed E-state index contributed by atoms with van der Waals surface area (Å²) in [6, 6.07) is 0.118. The summed E-state index contributed by atoms with van der Waals surface area (Å²) in [5.41, 5.74) is 0.203. The van der Waals surface area contributed by atoms with Gasteiger partial charge in [-0.3, -0.25) is 4.90 Å². The molecule has 0 N–H and O–H groups in total. The molecule has 0 spiro atoms. The first-order valence-electron chi connectivity index (χ1n) is 4.51. The van der Waals surface area contributed by atoms with Crippen molar-refractivity contribution in [1.29, 1.82) is 0 Å². The van der Waals surface area contributed by atoms with Gasteiger partial charge in [0.1, 0.15) is 0 Å². The van der Waals surface area contributed by atoms with E-state index in [-0.39, 0.29) is 24.4 Å². The molecule has 1 saturated heterocycles. The number of nitrogens with zero attached hydrogens (tertiary/aromatic N) is 1. The Balaban J connectivity index is 2.09. The number of likely N-dealkylation sites (tertiary alicyclic amines) is 1. The number of rotatable bonds is 1. The molecule has 0 aromatic carbocycles. The van der Waals surface area contributed by atoms with Crippen LogP contribution in [-0.4, -0.2) is 30.5 Å². The summed E-state index contributed by atoms with van der Waals surface area (Å²) < 4.78 is 25.9. The summed E-state index contributed by atoms with van der Waals surface area (Å²) in [5.74, 6) is -2.44. The summed E-state index contributed by atoms with van der Waals surface area (Å²) in [5, 5.41) is 0. The van der Waals surface area contributed by atoms with E-state index in [1.165, 1.54) is 0 Å². The molecule has 0 aromatic heterocycles. The maximum absolute atomic E-state index is 13.0. The van der Waals surface area contributed by atoms with E-state index < -0.39 is 5.92 Å². The second-order valence-electron chi connectivity index (χ2n) is 4.65. The van der Waals surface area contributed by atoms with Crippen LogP contribution in [0.25, 0.3) is 0 Å². The summed E-state index contributed by atoms with van der Waals surface area (Å²) in [6.45, 7) is 2.07. The average Bonchev–Trinajstić information content (AvgIpc) is 2.56. The van der Waals surface area contributed by atoms with Crippen molar-refractivity contribution < 1.29 is 8.78 Å². The van der Waals surface area contributed by atoms with Gasteiger partial charge in [0.05, 0.1) is 6.54 Å². The topological polar surface area (TPSA) is 3.24 Å². The monoisotopic (exact) mass is 175 g/mol. The van der Waals surface area contributed by atoms with Gasteiger partial charge in [-0.15, -0.1) is 0 Å². The van der Waals surface area contributed by atoms with Crippen molar-refractivity contribution in [3.8, 4) is 0 Å². The van der Waals surface area contributed by atoms with Crippen LogP contribution >= 0.6 is 0 Å². The molecule has 1 atom stereocenters. The molecule has 3 heteroatoms. The van der Waals surface area contributed by atoms with Gasteiger partial charge in [0.2, 0.25) is 0 Å². The fourth-order valence-corrected chi connectivity index (χ4v) is 2.29. The molecule has 1 aliphatic heterocycles. The van der Waals surface area contributed by atoms with Crippen molar-refractivity contribution in [2.75, 3.05) is 13.6 Å². The van der Waals surface area contributed by atoms with Crippen LogP contribution in [0.4, 0.5) is 8.78 Å². The Kier molecular flexibility index (Phi) is 1.54. The molecule has 70 valence electrons. The fraction of sp³-hybridized carbons (Fsp3) is 1.00. The largest absolute Gasteiger partial charge is 0.297 e. The van der Waals surface area contributed by atoms with Gasteiger partial charge in [-0.2, -0.15) is 0 Å². The summed E-state index contributed by atoms with van der Waals surface area (Å²) in [4.78, 5) is 1.83. The molecule has 1 aliphatic carbocycles. The molecule has 2 rings (SSSR count). The van der Waals surface area contributed by atoms with E-state index in [4.69, 9.17) is 0 Å². The zero-order valence-electron chi connectivity index (χ0n) is 7.61. The minimum atomic E-state index is -2.44. The van der Waals surface area contributed by atoms with Crippen LogP contribution in [0, 0.1) is 5.41 Å². The minimum absolute atomic E-state index is 0.0484. The number of hydrogen-bond donors (Lipinski definition) is 0. The molecule has 1 unspecified atom stereocenters. The molecule has 2 aliphatic rings. The van der Waals surface area contributed by atoms with E-state index >= 15 is 0 Å². The van der Waals surface area contributed by atoms with Gasteiger partial charge in [-0.25, -0.2) is 8.78 Å². The highest BCUT2D eigenvalue weighted by Crippen LogP contribution is 2.54. The van der Waals surface area contributed by atoms with Crippen LogP contribution < -0.4 is 0 Å². The molecule has 0 amide bonds. The maximum atomic E-state index is 13.0. The van der Waals surface area contributed by atoms with Gasteiger partial charge >= 0.3 is 0 Å². The minimum Gasteiger partial charge on any atom is -0.297 e. The molecule has 0 radical (unpaired) electrons. The molecule has 1 heterocycles. The molecular weight excluding hydrogens is 160 g/mol. The van der Waals surface area contributed by atoms with E-state index in [9.17, 15) is 8.78 Å². The molecule has 12 heavy (non-hydrogen) atoms. The van der Waals surface area contributed by atoms with Crippen molar-refractivity contribution in [2.24, 2.45) is 5.41 Å². The van der Waals surface area contributed by atoms with E-state index in [1.54, 1.807) is 0 Å². The van der Waals surface area contributed by atoms with Crippen LogP contribution in [0.1, 0.15) is 26.2 Å². The van der Waals surface area contributed by atoms with E-state index in [1.807, 2.05) is 11.9 Å². The predicted octanol–water partition coefficient (Wildman–Crippen LogP) is 2.13. The predicted molar refractivity (Wildman–Crippen MR) is 43.3 cm³/mol. The Morgan fingerprint density at radius 1 is 1.33 bits per heavy atom. The molecule has 1 saturated carbocycles. The van der Waals surface area contributed by atoms with E-state index in [0.29, 0.717) is 0 Å². The zero-order valence-corrected chi connectivity index (χ0v) is 7.61. The first-order chi connectivity index (χ1) is 5.43. The zero-order chi connectivity index (χ0) is 8.98. The Bertz CT molecular complexity index is 199. The normalized spacial score (nSPS) is 38.5. The third-order valence-electron chi connectivity index (χ3n) is 3.35. The van der Waals surface area contributed by atoms with Crippen LogP contribution in [0.15, 0.2) is 0 Å². The lowest BCUT2D eigenvalue weighted by Crippen LogP contribution is -2.32. The lowest BCUT2D eigenvalue weighted by molar-refractivity contribution is 0.0135. The van der Waals surface area contributed by atoms with Crippen molar-refractivity contribution in [3.63, 3.8) is 0 Å². The molecule has 2 fully saturated rings. The first kappa shape index (κ1) is 8.42. The third-order valence-corrected chi connectivity index (χ3v) is 3.35. The number of hydrogen-bond acceptors (Lipinski definition) is 1. The Labute approximate surface area is 71.7 Å². The average molecular weight is 175 g/mol. The summed E-state index contributed by atoms with van der Waals surface area (Å²) >= 11 is 0. The number of halogens is 2. The lowest BCUT2D eigenvalue weighted by atomic mass is 9.96. The quantitative estimate of drug-likeness (QED) is 0.590. The molecule has 0 bridgehead atoms. The number of alkyl halides is 2. The highest BCUT2D eigenvalue weighted by molar-refractivity contribution is 5.04. The van der Waals surface area contributed by atoms with Crippen molar-refractivity contribution in [2.45, 2.75) is 38.2 Å². The van der Waals surface area contributed by atoms with Crippen LogP contribution in [-0.2, 0) is 0 Å². The van der Waals surface area contributed by atoms with Crippen LogP contribution in [0.3, 0.4) is 0 Å². The second kappa shape index (κ2) is 2.19. The van der Waals surface area contributed by atoms with E-state index in [0.717, 1.165) is 12.8 Å². The molecule has 0 aromatic rings. The van der Waals surface area contributed by atoms with Gasteiger partial charge < -0.3 is 0 Å². The van der Waals surface area contributed by atoms with Gasteiger partial charge in [0, 0.05) is 12.5 Å². The highest BCUT2D eigenvalue weighted by Gasteiger charge is 2.55. The molecule has 1 nitrogen and oxygen atoms in total. The van der Waals surface area contributed by atoms with Crippen LogP contribution in [0.2, 0.25) is 0 Å². The van der Waals surface area contributed by atoms with Crippen LogP contribution in [0.5, 0.6) is 0 Å².